The number of hydrogen-bond donors (Lipinski definition) is 1. The van der Waals surface area contributed by atoms with E-state index < -0.39 is 24.4 Å². The molecule has 2 atom stereocenters. The summed E-state index contributed by atoms with van der Waals surface area (Å²) in [6, 6.07) is 9.30. The van der Waals surface area contributed by atoms with Crippen molar-refractivity contribution in [1.82, 2.24) is 15.1 Å². The van der Waals surface area contributed by atoms with Gasteiger partial charge in [-0.15, -0.1) is 0 Å². The van der Waals surface area contributed by atoms with Gasteiger partial charge >= 0.3 is 6.09 Å². The van der Waals surface area contributed by atoms with Gasteiger partial charge in [-0.2, -0.15) is 11.8 Å². The third kappa shape index (κ3) is 6.60. The number of rotatable bonds is 12. The fourth-order valence-corrected chi connectivity index (χ4v) is 4.85. The Morgan fingerprint density at radius 3 is 2.74 bits per heavy atom. The Balaban J connectivity index is 1.89. The van der Waals surface area contributed by atoms with Crippen molar-refractivity contribution in [3.8, 4) is 0 Å². The van der Waals surface area contributed by atoms with Crippen molar-refractivity contribution >= 4 is 29.3 Å². The summed E-state index contributed by atoms with van der Waals surface area (Å²) in [6.07, 6.45) is 4.95. The van der Waals surface area contributed by atoms with Crippen LogP contribution in [-0.4, -0.2) is 84.9 Å². The van der Waals surface area contributed by atoms with Gasteiger partial charge in [0.1, 0.15) is 11.9 Å². The van der Waals surface area contributed by atoms with Gasteiger partial charge in [-0.1, -0.05) is 42.5 Å². The molecule has 3 rings (SSSR count). The van der Waals surface area contributed by atoms with Crippen molar-refractivity contribution in [2.75, 3.05) is 51.4 Å². The Hall–Kier alpha value is -2.39. The molecule has 0 radical (unpaired) electrons. The van der Waals surface area contributed by atoms with Crippen molar-refractivity contribution in [2.24, 2.45) is 0 Å². The zero-order valence-electron chi connectivity index (χ0n) is 19.8. The van der Waals surface area contributed by atoms with Crippen LogP contribution >= 0.6 is 11.8 Å². The van der Waals surface area contributed by atoms with Gasteiger partial charge in [0.05, 0.1) is 25.3 Å². The minimum Gasteiger partial charge on any atom is -0.442 e. The fourth-order valence-electron chi connectivity index (χ4n) is 4.41. The van der Waals surface area contributed by atoms with Gasteiger partial charge in [-0.25, -0.2) is 9.18 Å². The average molecular weight is 494 g/mol. The Bertz CT molecular complexity index is 904. The molecule has 9 heteroatoms. The normalized spacial score (nSPS) is 22.4. The first kappa shape index (κ1) is 26.2. The van der Waals surface area contributed by atoms with E-state index in [4.69, 9.17) is 4.74 Å². The molecule has 2 aliphatic rings. The predicted octanol–water partition coefficient (Wildman–Crippen LogP) is 4.05. The largest absolute Gasteiger partial charge is 0.442 e. The average Bonchev–Trinajstić information content (AvgIpc) is 3.21. The SMILES string of the molecule is CSCCN(CCCF)CC1(N2C[C@H](CNC(C)=O)OC2=O)C=CC(c2ccccc2)=C(F)C1. The summed E-state index contributed by atoms with van der Waals surface area (Å²) in [5.74, 6) is 0.328. The molecule has 0 spiro atoms. The van der Waals surface area contributed by atoms with Crippen LogP contribution in [0.2, 0.25) is 0 Å². The number of nitrogens with one attached hydrogen (secondary N) is 1. The number of carbonyl (C=O) groups is 2. The van der Waals surface area contributed by atoms with E-state index in [1.807, 2.05) is 42.7 Å². The topological polar surface area (TPSA) is 61.9 Å². The van der Waals surface area contributed by atoms with E-state index in [1.165, 1.54) is 6.92 Å². The summed E-state index contributed by atoms with van der Waals surface area (Å²) in [5, 5.41) is 2.68. The van der Waals surface area contributed by atoms with E-state index in [1.54, 1.807) is 22.7 Å². The highest BCUT2D eigenvalue weighted by atomic mass is 32.2. The molecule has 1 fully saturated rings. The van der Waals surface area contributed by atoms with E-state index >= 15 is 4.39 Å². The number of allylic oxidation sites excluding steroid dienone is 2. The number of alkyl halides is 1. The maximum atomic E-state index is 15.6. The minimum atomic E-state index is -0.973. The van der Waals surface area contributed by atoms with Gasteiger partial charge in [-0.3, -0.25) is 19.0 Å². The summed E-state index contributed by atoms with van der Waals surface area (Å²) in [6.45, 7) is 2.98. The molecule has 0 aromatic heterocycles. The molecule has 1 aliphatic carbocycles. The molecule has 1 saturated heterocycles. The molecule has 1 N–H and O–H groups in total. The lowest BCUT2D eigenvalue weighted by molar-refractivity contribution is -0.119. The summed E-state index contributed by atoms with van der Waals surface area (Å²) < 4.78 is 34.1. The number of halogens is 2. The number of cyclic esters (lactones) is 1. The highest BCUT2D eigenvalue weighted by molar-refractivity contribution is 7.98. The zero-order valence-corrected chi connectivity index (χ0v) is 20.6. The fraction of sp³-hybridized carbons (Fsp3) is 0.520. The Kier molecular flexibility index (Phi) is 9.53. The van der Waals surface area contributed by atoms with Crippen LogP contribution in [0.4, 0.5) is 13.6 Å². The number of amides is 2. The number of hydrogen-bond acceptors (Lipinski definition) is 5. The summed E-state index contributed by atoms with van der Waals surface area (Å²) in [7, 11) is 0. The maximum absolute atomic E-state index is 15.6. The van der Waals surface area contributed by atoms with E-state index in [0.717, 1.165) is 11.3 Å². The molecule has 0 bridgehead atoms. The van der Waals surface area contributed by atoms with E-state index in [0.29, 0.717) is 31.6 Å². The standard InChI is InChI=1S/C25H33F2N3O3S/c1-19(31)28-16-21-17-30(24(32)33-21)25(18-29(12-6-11-26)13-14-34-2)10-9-22(23(27)15-25)20-7-4-3-5-8-20/h3-5,7-10,21H,6,11-18H2,1-2H3,(H,28,31)/t21-,25?/m0/s1. The van der Waals surface area contributed by atoms with Crippen molar-refractivity contribution in [3.05, 3.63) is 53.9 Å². The highest BCUT2D eigenvalue weighted by Gasteiger charge is 2.47. The van der Waals surface area contributed by atoms with Gasteiger partial charge < -0.3 is 10.1 Å². The third-order valence-corrected chi connectivity index (χ3v) is 6.70. The van der Waals surface area contributed by atoms with E-state index in [9.17, 15) is 14.0 Å². The molecular weight excluding hydrogens is 460 g/mol. The summed E-state index contributed by atoms with van der Waals surface area (Å²) >= 11 is 1.68. The first-order valence-electron chi connectivity index (χ1n) is 11.5. The smallest absolute Gasteiger partial charge is 0.411 e. The number of ether oxygens (including phenoxy) is 1. The van der Waals surface area contributed by atoms with Gasteiger partial charge in [0, 0.05) is 44.3 Å². The van der Waals surface area contributed by atoms with Crippen molar-refractivity contribution in [2.45, 2.75) is 31.4 Å². The van der Waals surface area contributed by atoms with E-state index in [-0.39, 0.29) is 31.2 Å². The zero-order chi connectivity index (χ0) is 24.6. The quantitative estimate of drug-likeness (QED) is 0.476. The van der Waals surface area contributed by atoms with Crippen molar-refractivity contribution < 1.29 is 23.1 Å². The van der Waals surface area contributed by atoms with Gasteiger partial charge in [0.15, 0.2) is 0 Å². The first-order chi connectivity index (χ1) is 16.4. The van der Waals surface area contributed by atoms with Crippen LogP contribution in [0.25, 0.3) is 5.57 Å². The molecule has 6 nitrogen and oxygen atoms in total. The summed E-state index contributed by atoms with van der Waals surface area (Å²) in [5.41, 5.74) is 0.297. The van der Waals surface area contributed by atoms with E-state index in [2.05, 4.69) is 10.2 Å². The molecule has 1 unspecified atom stereocenters. The second-order valence-electron chi connectivity index (χ2n) is 8.66. The van der Waals surface area contributed by atoms with Gasteiger partial charge in [-0.05, 0) is 18.2 Å². The Morgan fingerprint density at radius 2 is 2.09 bits per heavy atom. The van der Waals surface area contributed by atoms with Crippen molar-refractivity contribution in [3.63, 3.8) is 0 Å². The monoisotopic (exact) mass is 493 g/mol. The number of carbonyl (C=O) groups excluding carboxylic acids is 2. The van der Waals surface area contributed by atoms with Crippen LogP contribution in [0, 0.1) is 0 Å². The summed E-state index contributed by atoms with van der Waals surface area (Å²) in [4.78, 5) is 27.9. The molecule has 0 saturated carbocycles. The van der Waals surface area contributed by atoms with Crippen LogP contribution in [0.5, 0.6) is 0 Å². The molecule has 1 heterocycles. The van der Waals surface area contributed by atoms with Crippen LogP contribution in [0.3, 0.4) is 0 Å². The lowest BCUT2D eigenvalue weighted by Crippen LogP contribution is -2.56. The second kappa shape index (κ2) is 12.4. The number of thioether (sulfide) groups is 1. The Morgan fingerprint density at radius 1 is 1.32 bits per heavy atom. The lowest BCUT2D eigenvalue weighted by Gasteiger charge is -2.43. The number of nitrogens with zero attached hydrogens (tertiary/aromatic N) is 2. The van der Waals surface area contributed by atoms with Crippen LogP contribution < -0.4 is 5.32 Å². The van der Waals surface area contributed by atoms with Crippen LogP contribution in [0.15, 0.2) is 48.3 Å². The highest BCUT2D eigenvalue weighted by Crippen LogP contribution is 2.39. The molecule has 34 heavy (non-hydrogen) atoms. The molecule has 1 aliphatic heterocycles. The lowest BCUT2D eigenvalue weighted by atomic mass is 9.83. The molecule has 1 aromatic carbocycles. The molecule has 1 aromatic rings. The molecular formula is C25H33F2N3O3S. The molecule has 186 valence electrons. The molecule has 2 amide bonds. The number of benzene rings is 1. The Labute approximate surface area is 204 Å². The van der Waals surface area contributed by atoms with Crippen molar-refractivity contribution in [1.29, 1.82) is 0 Å². The van der Waals surface area contributed by atoms with Gasteiger partial charge in [0.25, 0.3) is 0 Å². The maximum Gasteiger partial charge on any atom is 0.411 e. The minimum absolute atomic E-state index is 0.00107. The van der Waals surface area contributed by atoms with Gasteiger partial charge in [0.2, 0.25) is 5.91 Å². The van der Waals surface area contributed by atoms with Crippen LogP contribution in [-0.2, 0) is 9.53 Å². The second-order valence-corrected chi connectivity index (χ2v) is 9.65. The van der Waals surface area contributed by atoms with Crippen LogP contribution in [0.1, 0.15) is 25.3 Å². The first-order valence-corrected chi connectivity index (χ1v) is 12.9. The predicted molar refractivity (Wildman–Crippen MR) is 132 cm³/mol. The third-order valence-electron chi connectivity index (χ3n) is 6.11.